The maximum absolute atomic E-state index is 12.9. The lowest BCUT2D eigenvalue weighted by atomic mass is 10.0. The summed E-state index contributed by atoms with van der Waals surface area (Å²) in [6, 6.07) is 18.4. The number of hydrogen-bond acceptors (Lipinski definition) is 4. The van der Waals surface area contributed by atoms with Crippen molar-refractivity contribution < 1.29 is 16.8 Å². The van der Waals surface area contributed by atoms with E-state index in [4.69, 9.17) is 0 Å². The molecule has 3 aromatic rings. The molecule has 0 aliphatic heterocycles. The fourth-order valence-electron chi connectivity index (χ4n) is 3.29. The van der Waals surface area contributed by atoms with E-state index in [0.717, 1.165) is 29.2 Å². The van der Waals surface area contributed by atoms with Gasteiger partial charge in [-0.05, 0) is 54.3 Å². The van der Waals surface area contributed by atoms with Gasteiger partial charge in [-0.25, -0.2) is 26.3 Å². The van der Waals surface area contributed by atoms with Crippen LogP contribution in [0.1, 0.15) is 31.4 Å². The topological polar surface area (TPSA) is 92.3 Å². The summed E-state index contributed by atoms with van der Waals surface area (Å²) in [6.07, 6.45) is 1.61. The van der Waals surface area contributed by atoms with Crippen molar-refractivity contribution in [2.45, 2.75) is 41.6 Å². The van der Waals surface area contributed by atoms with E-state index in [0.29, 0.717) is 0 Å². The van der Waals surface area contributed by atoms with E-state index in [1.54, 1.807) is 6.92 Å². The molecule has 0 radical (unpaired) electrons. The molecule has 3 aromatic carbocycles. The molecule has 8 heteroatoms. The Balaban J connectivity index is 1.62. The van der Waals surface area contributed by atoms with Crippen LogP contribution in [0.4, 0.5) is 0 Å². The molecule has 4 rings (SSSR count). The van der Waals surface area contributed by atoms with E-state index >= 15 is 0 Å². The Kier molecular flexibility index (Phi) is 5.20. The smallest absolute Gasteiger partial charge is 0.208 e. The highest BCUT2D eigenvalue weighted by atomic mass is 32.2. The van der Waals surface area contributed by atoms with Gasteiger partial charge in [-0.2, -0.15) is 0 Å². The lowest BCUT2D eigenvalue weighted by Gasteiger charge is -2.17. The second-order valence-electron chi connectivity index (χ2n) is 7.28. The molecule has 0 heterocycles. The average Bonchev–Trinajstić information content (AvgIpc) is 3.50. The zero-order valence-corrected chi connectivity index (χ0v) is 17.5. The number of benzene rings is 3. The summed E-state index contributed by atoms with van der Waals surface area (Å²) < 4.78 is 56.0. The first-order valence-electron chi connectivity index (χ1n) is 9.39. The summed E-state index contributed by atoms with van der Waals surface area (Å²) in [7, 11) is -7.65. The number of nitrogens with one attached hydrogen (secondary N) is 2. The zero-order valence-electron chi connectivity index (χ0n) is 15.9. The molecule has 29 heavy (non-hydrogen) atoms. The standard InChI is InChI=1S/C21H22N2O4S2/c1-15(20-11-4-7-16-6-2-3-10-21(16)20)22-28(24,25)18-8-5-9-19(14-18)29(26,27)23-17-12-13-17/h2-11,14-15,17,22-23H,12-13H2,1H3. The van der Waals surface area contributed by atoms with Crippen molar-refractivity contribution in [2.24, 2.45) is 0 Å². The van der Waals surface area contributed by atoms with Gasteiger partial charge in [0, 0.05) is 12.1 Å². The lowest BCUT2D eigenvalue weighted by Crippen LogP contribution is -2.28. The highest BCUT2D eigenvalue weighted by Gasteiger charge is 2.29. The summed E-state index contributed by atoms with van der Waals surface area (Å²) in [5.41, 5.74) is 0.853. The van der Waals surface area contributed by atoms with Crippen LogP contribution in [0.3, 0.4) is 0 Å². The highest BCUT2D eigenvalue weighted by Crippen LogP contribution is 2.27. The van der Waals surface area contributed by atoms with Crippen molar-refractivity contribution in [3.05, 3.63) is 72.3 Å². The van der Waals surface area contributed by atoms with Gasteiger partial charge in [-0.3, -0.25) is 0 Å². The minimum absolute atomic E-state index is 0.0508. The number of hydrogen-bond donors (Lipinski definition) is 2. The zero-order chi connectivity index (χ0) is 20.6. The predicted molar refractivity (Wildman–Crippen MR) is 112 cm³/mol. The van der Waals surface area contributed by atoms with Crippen LogP contribution in [0.15, 0.2) is 76.5 Å². The van der Waals surface area contributed by atoms with Crippen LogP contribution in [-0.4, -0.2) is 22.9 Å². The van der Waals surface area contributed by atoms with Crippen molar-refractivity contribution in [1.82, 2.24) is 9.44 Å². The van der Waals surface area contributed by atoms with Crippen molar-refractivity contribution in [3.63, 3.8) is 0 Å². The van der Waals surface area contributed by atoms with Crippen molar-refractivity contribution >= 4 is 30.8 Å². The summed E-state index contributed by atoms with van der Waals surface area (Å²) >= 11 is 0. The van der Waals surface area contributed by atoms with Gasteiger partial charge < -0.3 is 0 Å². The minimum Gasteiger partial charge on any atom is -0.208 e. The Bertz CT molecular complexity index is 1260. The molecule has 1 saturated carbocycles. The third-order valence-electron chi connectivity index (χ3n) is 4.95. The van der Waals surface area contributed by atoms with Crippen LogP contribution >= 0.6 is 0 Å². The van der Waals surface area contributed by atoms with Crippen molar-refractivity contribution in [3.8, 4) is 0 Å². The SMILES string of the molecule is CC(NS(=O)(=O)c1cccc(S(=O)(=O)NC2CC2)c1)c1cccc2ccccc12. The van der Waals surface area contributed by atoms with E-state index in [2.05, 4.69) is 9.44 Å². The summed E-state index contributed by atoms with van der Waals surface area (Å²) in [4.78, 5) is -0.131. The molecular weight excluding hydrogens is 408 g/mol. The van der Waals surface area contributed by atoms with E-state index in [-0.39, 0.29) is 15.8 Å². The third-order valence-corrected chi connectivity index (χ3v) is 8.00. The number of rotatable bonds is 7. The Morgan fingerprint density at radius 2 is 1.45 bits per heavy atom. The van der Waals surface area contributed by atoms with E-state index < -0.39 is 26.1 Å². The molecule has 1 atom stereocenters. The summed E-state index contributed by atoms with van der Waals surface area (Å²) in [6.45, 7) is 1.77. The first kappa shape index (κ1) is 20.0. The van der Waals surface area contributed by atoms with Crippen LogP contribution in [0.25, 0.3) is 10.8 Å². The van der Waals surface area contributed by atoms with Crippen molar-refractivity contribution in [2.75, 3.05) is 0 Å². The van der Waals surface area contributed by atoms with Gasteiger partial charge >= 0.3 is 0 Å². The molecule has 0 spiro atoms. The molecule has 0 aromatic heterocycles. The van der Waals surface area contributed by atoms with E-state index in [1.807, 2.05) is 42.5 Å². The quantitative estimate of drug-likeness (QED) is 0.601. The predicted octanol–water partition coefficient (Wildman–Crippen LogP) is 3.32. The van der Waals surface area contributed by atoms with Crippen LogP contribution in [0.5, 0.6) is 0 Å². The molecule has 1 aliphatic carbocycles. The molecule has 0 saturated heterocycles. The second kappa shape index (κ2) is 7.53. The Morgan fingerprint density at radius 1 is 0.828 bits per heavy atom. The van der Waals surface area contributed by atoms with Crippen LogP contribution in [0, 0.1) is 0 Å². The molecule has 1 fully saturated rings. The van der Waals surface area contributed by atoms with Gasteiger partial charge in [0.05, 0.1) is 9.79 Å². The Morgan fingerprint density at radius 3 is 2.17 bits per heavy atom. The van der Waals surface area contributed by atoms with Crippen LogP contribution < -0.4 is 9.44 Å². The molecule has 2 N–H and O–H groups in total. The lowest BCUT2D eigenvalue weighted by molar-refractivity contribution is 0.567. The van der Waals surface area contributed by atoms with Gasteiger partial charge in [0.1, 0.15) is 0 Å². The number of fused-ring (bicyclic) bond motifs is 1. The van der Waals surface area contributed by atoms with Crippen LogP contribution in [0.2, 0.25) is 0 Å². The van der Waals surface area contributed by atoms with Gasteiger partial charge in [-0.1, -0.05) is 48.5 Å². The van der Waals surface area contributed by atoms with Gasteiger partial charge in [0.25, 0.3) is 0 Å². The third kappa shape index (κ3) is 4.35. The average molecular weight is 431 g/mol. The molecule has 0 amide bonds. The second-order valence-corrected chi connectivity index (χ2v) is 10.7. The van der Waals surface area contributed by atoms with Gasteiger partial charge in [0.15, 0.2) is 0 Å². The maximum Gasteiger partial charge on any atom is 0.241 e. The van der Waals surface area contributed by atoms with Crippen LogP contribution in [-0.2, 0) is 20.0 Å². The van der Waals surface area contributed by atoms with E-state index in [9.17, 15) is 16.8 Å². The normalized spacial score (nSPS) is 16.0. The largest absolute Gasteiger partial charge is 0.241 e. The molecule has 0 bridgehead atoms. The first-order chi connectivity index (χ1) is 13.8. The van der Waals surface area contributed by atoms with Gasteiger partial charge in [0.2, 0.25) is 20.0 Å². The monoisotopic (exact) mass is 430 g/mol. The Labute approximate surface area is 171 Å². The first-order valence-corrected chi connectivity index (χ1v) is 12.4. The van der Waals surface area contributed by atoms with Gasteiger partial charge in [-0.15, -0.1) is 0 Å². The maximum atomic E-state index is 12.9. The van der Waals surface area contributed by atoms with Crippen molar-refractivity contribution in [1.29, 1.82) is 0 Å². The Hall–Kier alpha value is -2.26. The fraction of sp³-hybridized carbons (Fsp3) is 0.238. The minimum atomic E-state index is -3.91. The molecule has 6 nitrogen and oxygen atoms in total. The summed E-state index contributed by atoms with van der Waals surface area (Å²) in [5.74, 6) is 0. The molecular formula is C21H22N2O4S2. The molecule has 1 aliphatic rings. The number of sulfonamides is 2. The molecule has 152 valence electrons. The van der Waals surface area contributed by atoms with E-state index in [1.165, 1.54) is 24.3 Å². The summed E-state index contributed by atoms with van der Waals surface area (Å²) in [5, 5.41) is 1.99. The fourth-order valence-corrected chi connectivity index (χ4v) is 5.98. The highest BCUT2D eigenvalue weighted by molar-refractivity contribution is 7.90. The molecule has 1 unspecified atom stereocenters.